The molecule has 0 aliphatic carbocycles. The number of carbonyl (C=O) groups excluding carboxylic acids is 2. The second-order valence-electron chi connectivity index (χ2n) is 8.30. The van der Waals surface area contributed by atoms with Crippen LogP contribution in [0, 0.1) is 6.92 Å². The molecule has 2 aliphatic rings. The molecule has 2 aromatic rings. The molecular weight excluding hydrogens is 362 g/mol. The summed E-state index contributed by atoms with van der Waals surface area (Å²) < 4.78 is 0. The lowest BCUT2D eigenvalue weighted by molar-refractivity contribution is 0.0522. The lowest BCUT2D eigenvalue weighted by Crippen LogP contribution is -2.60. The zero-order valence-corrected chi connectivity index (χ0v) is 16.9. The van der Waals surface area contributed by atoms with Gasteiger partial charge in [0.25, 0.3) is 5.91 Å². The van der Waals surface area contributed by atoms with Crippen molar-refractivity contribution in [1.29, 1.82) is 0 Å². The first kappa shape index (κ1) is 19.5. The van der Waals surface area contributed by atoms with E-state index in [1.807, 2.05) is 66.4 Å². The molecule has 2 heterocycles. The number of nitrogens with one attached hydrogen (secondary N) is 2. The van der Waals surface area contributed by atoms with Crippen LogP contribution in [0.5, 0.6) is 0 Å². The van der Waals surface area contributed by atoms with Gasteiger partial charge in [-0.05, 0) is 56.7 Å². The molecule has 3 amide bonds. The van der Waals surface area contributed by atoms with Crippen molar-refractivity contribution in [1.82, 2.24) is 15.5 Å². The Kier molecular flexibility index (Phi) is 5.84. The first-order valence-electron chi connectivity index (χ1n) is 10.6. The quantitative estimate of drug-likeness (QED) is 0.827. The van der Waals surface area contributed by atoms with Crippen LogP contribution in [-0.2, 0) is 6.54 Å². The third kappa shape index (κ3) is 4.61. The molecular formula is C24H29N3O2. The third-order valence-corrected chi connectivity index (χ3v) is 6.14. The van der Waals surface area contributed by atoms with E-state index < -0.39 is 0 Å². The Morgan fingerprint density at radius 2 is 1.62 bits per heavy atom. The summed E-state index contributed by atoms with van der Waals surface area (Å²) in [5, 5.41) is 6.29. The van der Waals surface area contributed by atoms with E-state index in [0.29, 0.717) is 12.1 Å². The number of rotatable bonds is 4. The number of amides is 3. The first-order chi connectivity index (χ1) is 14.1. The van der Waals surface area contributed by atoms with Crippen LogP contribution in [0.1, 0.15) is 53.6 Å². The van der Waals surface area contributed by atoms with Gasteiger partial charge < -0.3 is 15.5 Å². The largest absolute Gasteiger partial charge is 0.349 e. The minimum atomic E-state index is -0.0185. The highest BCUT2D eigenvalue weighted by atomic mass is 16.2. The number of fused-ring (bicyclic) bond motifs is 2. The van der Waals surface area contributed by atoms with Crippen molar-refractivity contribution >= 4 is 11.9 Å². The highest BCUT2D eigenvalue weighted by Gasteiger charge is 2.41. The number of hydrogen-bond donors (Lipinski definition) is 2. The summed E-state index contributed by atoms with van der Waals surface area (Å²) in [5.74, 6) is -0.0185. The van der Waals surface area contributed by atoms with Crippen LogP contribution in [0.15, 0.2) is 54.6 Å². The van der Waals surface area contributed by atoms with Crippen LogP contribution < -0.4 is 10.6 Å². The van der Waals surface area contributed by atoms with Crippen molar-refractivity contribution in [2.45, 2.75) is 63.7 Å². The maximum absolute atomic E-state index is 12.9. The molecule has 0 spiro atoms. The van der Waals surface area contributed by atoms with Crippen molar-refractivity contribution in [3.8, 4) is 0 Å². The topological polar surface area (TPSA) is 61.4 Å². The Hall–Kier alpha value is -2.82. The van der Waals surface area contributed by atoms with Gasteiger partial charge in [0.1, 0.15) is 0 Å². The SMILES string of the molecule is Cc1ccc(C(=O)NC2C[C@@H]3CCC[C@@H](C2)N3C(=O)NCc2ccccc2)cc1. The van der Waals surface area contributed by atoms with Crippen LogP contribution in [0.4, 0.5) is 4.79 Å². The maximum atomic E-state index is 12.9. The molecule has 2 fully saturated rings. The molecule has 2 saturated heterocycles. The highest BCUT2D eigenvalue weighted by molar-refractivity contribution is 5.94. The van der Waals surface area contributed by atoms with Crippen LogP contribution in [0.3, 0.4) is 0 Å². The molecule has 5 nitrogen and oxygen atoms in total. The molecule has 0 radical (unpaired) electrons. The summed E-state index contributed by atoms with van der Waals surface area (Å²) in [5.41, 5.74) is 2.95. The molecule has 152 valence electrons. The van der Waals surface area contributed by atoms with Gasteiger partial charge in [-0.25, -0.2) is 4.79 Å². The normalized spacial score (nSPS) is 23.3. The lowest BCUT2D eigenvalue weighted by atomic mass is 9.82. The lowest BCUT2D eigenvalue weighted by Gasteiger charge is -2.48. The van der Waals surface area contributed by atoms with E-state index in [1.165, 1.54) is 0 Å². The standard InChI is InChI=1S/C24H29N3O2/c1-17-10-12-19(13-11-17)23(28)26-20-14-21-8-5-9-22(15-20)27(21)24(29)25-16-18-6-3-2-4-7-18/h2-4,6-7,10-13,20-22H,5,8-9,14-16H2,1H3,(H,25,29)(H,26,28)/t21-,22-/m0/s1. The van der Waals surface area contributed by atoms with Crippen LogP contribution in [0.25, 0.3) is 0 Å². The average Bonchev–Trinajstić information content (AvgIpc) is 2.72. The Balaban J connectivity index is 1.36. The van der Waals surface area contributed by atoms with Crippen LogP contribution in [-0.4, -0.2) is 35.0 Å². The van der Waals surface area contributed by atoms with E-state index in [2.05, 4.69) is 10.6 Å². The zero-order chi connectivity index (χ0) is 20.2. The molecule has 4 rings (SSSR count). The van der Waals surface area contributed by atoms with E-state index in [-0.39, 0.29) is 30.1 Å². The fourth-order valence-electron chi connectivity index (χ4n) is 4.67. The van der Waals surface area contributed by atoms with E-state index in [0.717, 1.165) is 43.2 Å². The maximum Gasteiger partial charge on any atom is 0.318 e. The van der Waals surface area contributed by atoms with Gasteiger partial charge in [-0.2, -0.15) is 0 Å². The predicted molar refractivity (Wildman–Crippen MR) is 114 cm³/mol. The van der Waals surface area contributed by atoms with E-state index >= 15 is 0 Å². The van der Waals surface area contributed by atoms with E-state index in [1.54, 1.807) is 0 Å². The minimum Gasteiger partial charge on any atom is -0.349 e. The Labute approximate surface area is 172 Å². The number of urea groups is 1. The van der Waals surface area contributed by atoms with Gasteiger partial charge in [0.05, 0.1) is 0 Å². The number of benzene rings is 2. The van der Waals surface area contributed by atoms with Crippen molar-refractivity contribution in [3.05, 3.63) is 71.3 Å². The van der Waals surface area contributed by atoms with Gasteiger partial charge in [0, 0.05) is 30.2 Å². The monoisotopic (exact) mass is 391 g/mol. The second kappa shape index (κ2) is 8.68. The van der Waals surface area contributed by atoms with Crippen LogP contribution in [0.2, 0.25) is 0 Å². The number of piperidine rings is 2. The molecule has 0 unspecified atom stereocenters. The Morgan fingerprint density at radius 1 is 0.966 bits per heavy atom. The summed E-state index contributed by atoms with van der Waals surface area (Å²) >= 11 is 0. The van der Waals surface area contributed by atoms with E-state index in [4.69, 9.17) is 0 Å². The minimum absolute atomic E-state index is 0.0185. The molecule has 2 aromatic carbocycles. The average molecular weight is 392 g/mol. The summed E-state index contributed by atoms with van der Waals surface area (Å²) in [6.45, 7) is 2.56. The number of aryl methyl sites for hydroxylation is 1. The van der Waals surface area contributed by atoms with Crippen LogP contribution >= 0.6 is 0 Å². The van der Waals surface area contributed by atoms with Gasteiger partial charge in [-0.1, -0.05) is 48.0 Å². The molecule has 2 N–H and O–H groups in total. The van der Waals surface area contributed by atoms with Crippen molar-refractivity contribution in [2.75, 3.05) is 0 Å². The smallest absolute Gasteiger partial charge is 0.318 e. The summed E-state index contributed by atoms with van der Waals surface area (Å²) in [7, 11) is 0. The molecule has 2 aliphatic heterocycles. The Bertz CT molecular complexity index is 836. The van der Waals surface area contributed by atoms with Gasteiger partial charge in [0.15, 0.2) is 0 Å². The van der Waals surface area contributed by atoms with E-state index in [9.17, 15) is 9.59 Å². The van der Waals surface area contributed by atoms with Gasteiger partial charge in [0.2, 0.25) is 0 Å². The molecule has 0 aromatic heterocycles. The van der Waals surface area contributed by atoms with Gasteiger partial charge in [-0.3, -0.25) is 4.79 Å². The first-order valence-corrected chi connectivity index (χ1v) is 10.6. The predicted octanol–water partition coefficient (Wildman–Crippen LogP) is 4.02. The van der Waals surface area contributed by atoms with Crippen molar-refractivity contribution in [3.63, 3.8) is 0 Å². The fraction of sp³-hybridized carbons (Fsp3) is 0.417. The highest BCUT2D eigenvalue weighted by Crippen LogP contribution is 2.34. The number of nitrogens with zero attached hydrogens (tertiary/aromatic N) is 1. The van der Waals surface area contributed by atoms with Crippen molar-refractivity contribution < 1.29 is 9.59 Å². The number of hydrogen-bond acceptors (Lipinski definition) is 2. The summed E-state index contributed by atoms with van der Waals surface area (Å²) in [6, 6.07) is 18.2. The third-order valence-electron chi connectivity index (χ3n) is 6.14. The molecule has 2 atom stereocenters. The molecule has 2 bridgehead atoms. The van der Waals surface area contributed by atoms with Gasteiger partial charge in [-0.15, -0.1) is 0 Å². The summed E-state index contributed by atoms with van der Waals surface area (Å²) in [4.78, 5) is 27.6. The molecule has 0 saturated carbocycles. The second-order valence-corrected chi connectivity index (χ2v) is 8.30. The fourth-order valence-corrected chi connectivity index (χ4v) is 4.67. The molecule has 5 heteroatoms. The molecule has 29 heavy (non-hydrogen) atoms. The number of carbonyl (C=O) groups is 2. The zero-order valence-electron chi connectivity index (χ0n) is 16.9. The Morgan fingerprint density at radius 3 is 2.28 bits per heavy atom. The summed E-state index contributed by atoms with van der Waals surface area (Å²) in [6.07, 6.45) is 4.81. The van der Waals surface area contributed by atoms with Crippen molar-refractivity contribution in [2.24, 2.45) is 0 Å². The van der Waals surface area contributed by atoms with Gasteiger partial charge >= 0.3 is 6.03 Å².